The summed E-state index contributed by atoms with van der Waals surface area (Å²) in [5.41, 5.74) is 1.03. The minimum Gasteiger partial charge on any atom is -0.490 e. The van der Waals surface area contributed by atoms with Crippen LogP contribution in [-0.4, -0.2) is 42.5 Å². The Balaban J connectivity index is 2.50. The standard InChI is InChI=1S/C15H23NO5/c1-2-20-14-10-12(5-6-13(14)21-9-8-17)11-16-7-3-4-15(18)19/h5-6,10,16-17H,2-4,7-9,11H2,1H3,(H,18,19). The van der Waals surface area contributed by atoms with Crippen LogP contribution in [0, 0.1) is 0 Å². The molecule has 1 aromatic rings. The van der Waals surface area contributed by atoms with Gasteiger partial charge in [-0.05, 0) is 37.6 Å². The van der Waals surface area contributed by atoms with E-state index in [0.717, 1.165) is 5.56 Å². The van der Waals surface area contributed by atoms with Gasteiger partial charge in [-0.1, -0.05) is 6.07 Å². The maximum atomic E-state index is 10.4. The van der Waals surface area contributed by atoms with Crippen molar-refractivity contribution in [2.24, 2.45) is 0 Å². The molecule has 0 spiro atoms. The first-order valence-corrected chi connectivity index (χ1v) is 7.09. The number of nitrogens with one attached hydrogen (secondary N) is 1. The third-order valence-corrected chi connectivity index (χ3v) is 2.73. The van der Waals surface area contributed by atoms with Crippen LogP contribution >= 0.6 is 0 Å². The predicted molar refractivity (Wildman–Crippen MR) is 78.8 cm³/mol. The molecule has 0 saturated heterocycles. The minimum absolute atomic E-state index is 0.0432. The molecule has 0 amide bonds. The number of ether oxygens (including phenoxy) is 2. The zero-order valence-electron chi connectivity index (χ0n) is 12.3. The van der Waals surface area contributed by atoms with E-state index in [4.69, 9.17) is 19.7 Å². The smallest absolute Gasteiger partial charge is 0.303 e. The topological polar surface area (TPSA) is 88.0 Å². The number of aliphatic hydroxyl groups excluding tert-OH is 1. The van der Waals surface area contributed by atoms with Crippen molar-refractivity contribution in [3.63, 3.8) is 0 Å². The van der Waals surface area contributed by atoms with Gasteiger partial charge in [-0.15, -0.1) is 0 Å². The molecule has 0 aromatic heterocycles. The van der Waals surface area contributed by atoms with Gasteiger partial charge in [0, 0.05) is 13.0 Å². The molecule has 3 N–H and O–H groups in total. The maximum Gasteiger partial charge on any atom is 0.303 e. The molecule has 6 nitrogen and oxygen atoms in total. The summed E-state index contributed by atoms with van der Waals surface area (Å²) >= 11 is 0. The lowest BCUT2D eigenvalue weighted by Crippen LogP contribution is -2.16. The fourth-order valence-electron chi connectivity index (χ4n) is 1.80. The lowest BCUT2D eigenvalue weighted by molar-refractivity contribution is -0.137. The van der Waals surface area contributed by atoms with Crippen LogP contribution in [-0.2, 0) is 11.3 Å². The summed E-state index contributed by atoms with van der Waals surface area (Å²) in [5.74, 6) is 0.483. The lowest BCUT2D eigenvalue weighted by Gasteiger charge is -2.13. The second-order valence-corrected chi connectivity index (χ2v) is 4.46. The summed E-state index contributed by atoms with van der Waals surface area (Å²) in [5, 5.41) is 20.5. The molecule has 6 heteroatoms. The average Bonchev–Trinajstić information content (AvgIpc) is 2.46. The first-order chi connectivity index (χ1) is 10.2. The van der Waals surface area contributed by atoms with Gasteiger partial charge in [0.1, 0.15) is 6.61 Å². The van der Waals surface area contributed by atoms with E-state index in [1.165, 1.54) is 0 Å². The Hall–Kier alpha value is -1.79. The monoisotopic (exact) mass is 297 g/mol. The molecule has 0 fully saturated rings. The number of aliphatic hydroxyl groups is 1. The second-order valence-electron chi connectivity index (χ2n) is 4.46. The van der Waals surface area contributed by atoms with Crippen molar-refractivity contribution in [2.75, 3.05) is 26.4 Å². The Morgan fingerprint density at radius 1 is 1.29 bits per heavy atom. The van der Waals surface area contributed by atoms with Gasteiger partial charge in [0.05, 0.1) is 13.2 Å². The maximum absolute atomic E-state index is 10.4. The summed E-state index contributed by atoms with van der Waals surface area (Å²) in [6.07, 6.45) is 0.774. The summed E-state index contributed by atoms with van der Waals surface area (Å²) < 4.78 is 10.9. The molecule has 1 aromatic carbocycles. The fraction of sp³-hybridized carbons (Fsp3) is 0.533. The van der Waals surface area contributed by atoms with Gasteiger partial charge in [0.15, 0.2) is 11.5 Å². The lowest BCUT2D eigenvalue weighted by atomic mass is 10.2. The molecule has 0 atom stereocenters. The summed E-state index contributed by atoms with van der Waals surface area (Å²) in [4.78, 5) is 10.4. The Morgan fingerprint density at radius 3 is 2.76 bits per heavy atom. The normalized spacial score (nSPS) is 10.4. The molecule has 0 saturated carbocycles. The number of carboxylic acids is 1. The van der Waals surface area contributed by atoms with E-state index in [-0.39, 0.29) is 19.6 Å². The molecule has 0 aliphatic carbocycles. The van der Waals surface area contributed by atoms with Crippen molar-refractivity contribution in [1.29, 1.82) is 0 Å². The summed E-state index contributed by atoms with van der Waals surface area (Å²) in [6.45, 7) is 3.90. The number of benzene rings is 1. The van der Waals surface area contributed by atoms with Gasteiger partial charge in [0.2, 0.25) is 0 Å². The van der Waals surface area contributed by atoms with E-state index in [1.54, 1.807) is 0 Å². The molecule has 1 rings (SSSR count). The van der Waals surface area contributed by atoms with E-state index >= 15 is 0 Å². The number of hydrogen-bond donors (Lipinski definition) is 3. The minimum atomic E-state index is -0.777. The van der Waals surface area contributed by atoms with Crippen LogP contribution < -0.4 is 14.8 Å². The molecule has 21 heavy (non-hydrogen) atoms. The molecule has 118 valence electrons. The van der Waals surface area contributed by atoms with Gasteiger partial charge in [0.25, 0.3) is 0 Å². The van der Waals surface area contributed by atoms with Crippen molar-refractivity contribution in [3.8, 4) is 11.5 Å². The number of aliphatic carboxylic acids is 1. The highest BCUT2D eigenvalue weighted by atomic mass is 16.5. The third kappa shape index (κ3) is 6.97. The third-order valence-electron chi connectivity index (χ3n) is 2.73. The van der Waals surface area contributed by atoms with Crippen LogP contribution in [0.4, 0.5) is 0 Å². The van der Waals surface area contributed by atoms with Crippen LogP contribution in [0.5, 0.6) is 11.5 Å². The van der Waals surface area contributed by atoms with Gasteiger partial charge >= 0.3 is 5.97 Å². The van der Waals surface area contributed by atoms with Gasteiger partial charge in [-0.2, -0.15) is 0 Å². The summed E-state index contributed by atoms with van der Waals surface area (Å²) in [7, 11) is 0. The summed E-state index contributed by atoms with van der Waals surface area (Å²) in [6, 6.07) is 5.62. The van der Waals surface area contributed by atoms with E-state index in [1.807, 2.05) is 25.1 Å². The highest BCUT2D eigenvalue weighted by molar-refractivity contribution is 5.66. The van der Waals surface area contributed by atoms with Crippen LogP contribution in [0.1, 0.15) is 25.3 Å². The SMILES string of the molecule is CCOc1cc(CNCCCC(=O)O)ccc1OCCO. The zero-order chi connectivity index (χ0) is 15.5. The molecule has 0 heterocycles. The van der Waals surface area contributed by atoms with Gasteiger partial charge in [-0.25, -0.2) is 0 Å². The van der Waals surface area contributed by atoms with E-state index < -0.39 is 5.97 Å². The molecular weight excluding hydrogens is 274 g/mol. The van der Waals surface area contributed by atoms with Crippen LogP contribution in [0.2, 0.25) is 0 Å². The number of hydrogen-bond acceptors (Lipinski definition) is 5. The van der Waals surface area contributed by atoms with Crippen molar-refractivity contribution < 1.29 is 24.5 Å². The Bertz CT molecular complexity index is 436. The first-order valence-electron chi connectivity index (χ1n) is 7.09. The van der Waals surface area contributed by atoms with Crippen LogP contribution in [0.25, 0.3) is 0 Å². The zero-order valence-corrected chi connectivity index (χ0v) is 12.3. The van der Waals surface area contributed by atoms with E-state index in [2.05, 4.69) is 5.32 Å². The highest BCUT2D eigenvalue weighted by Crippen LogP contribution is 2.28. The van der Waals surface area contributed by atoms with Crippen LogP contribution in [0.15, 0.2) is 18.2 Å². The first kappa shape index (κ1) is 17.3. The molecule has 0 bridgehead atoms. The molecular formula is C15H23NO5. The average molecular weight is 297 g/mol. The van der Waals surface area contributed by atoms with Crippen molar-refractivity contribution >= 4 is 5.97 Å². The quantitative estimate of drug-likeness (QED) is 0.535. The highest BCUT2D eigenvalue weighted by Gasteiger charge is 2.06. The van der Waals surface area contributed by atoms with E-state index in [0.29, 0.717) is 37.6 Å². The number of carboxylic acid groups (broad SMARTS) is 1. The molecule has 0 aliphatic rings. The van der Waals surface area contributed by atoms with Crippen molar-refractivity contribution in [2.45, 2.75) is 26.3 Å². The molecule has 0 unspecified atom stereocenters. The van der Waals surface area contributed by atoms with Crippen molar-refractivity contribution in [1.82, 2.24) is 5.32 Å². The molecule has 0 aliphatic heterocycles. The number of carbonyl (C=O) groups is 1. The van der Waals surface area contributed by atoms with E-state index in [9.17, 15) is 4.79 Å². The fourth-order valence-corrected chi connectivity index (χ4v) is 1.80. The van der Waals surface area contributed by atoms with Gasteiger partial charge in [-0.3, -0.25) is 4.79 Å². The Kier molecular flexibility index (Phi) is 8.23. The van der Waals surface area contributed by atoms with Gasteiger partial charge < -0.3 is 25.0 Å². The second kappa shape index (κ2) is 10.0. The van der Waals surface area contributed by atoms with Crippen molar-refractivity contribution in [3.05, 3.63) is 23.8 Å². The predicted octanol–water partition coefficient (Wildman–Crippen LogP) is 1.41. The Morgan fingerprint density at radius 2 is 2.10 bits per heavy atom. The number of rotatable bonds is 11. The Labute approximate surface area is 124 Å². The molecule has 0 radical (unpaired) electrons. The van der Waals surface area contributed by atoms with Crippen LogP contribution in [0.3, 0.4) is 0 Å². The largest absolute Gasteiger partial charge is 0.490 e.